The van der Waals surface area contributed by atoms with Gasteiger partial charge in [-0.05, 0) is 63.5 Å². The monoisotopic (exact) mass is 630 g/mol. The summed E-state index contributed by atoms with van der Waals surface area (Å²) >= 11 is 0. The Morgan fingerprint density at radius 3 is 1.11 bits per heavy atom. The molecule has 0 amide bonds. The van der Waals surface area contributed by atoms with Gasteiger partial charge in [0.05, 0.1) is 26.4 Å². The number of hydrogen-bond donors (Lipinski definition) is 0. The van der Waals surface area contributed by atoms with Crippen LogP contribution in [0.4, 0.5) is 0 Å². The Morgan fingerprint density at radius 2 is 0.783 bits per heavy atom. The summed E-state index contributed by atoms with van der Waals surface area (Å²) in [5.41, 5.74) is 2.93. The van der Waals surface area contributed by atoms with E-state index < -0.39 is 35.7 Å². The van der Waals surface area contributed by atoms with Gasteiger partial charge in [-0.3, -0.25) is 19.2 Å². The molecule has 1 aliphatic rings. The topological polar surface area (TPSA) is 115 Å². The number of fused-ring (bicyclic) bond motifs is 2. The molecule has 3 heterocycles. The molecule has 10 heteroatoms. The lowest BCUT2D eigenvalue weighted by molar-refractivity contribution is -0.159. The quantitative estimate of drug-likeness (QED) is 0.154. The number of cyclic esters (lactones) is 4. The van der Waals surface area contributed by atoms with Crippen LogP contribution in [0.3, 0.4) is 0 Å². The van der Waals surface area contributed by atoms with Crippen LogP contribution in [-0.2, 0) is 52.2 Å². The van der Waals surface area contributed by atoms with E-state index in [2.05, 4.69) is 0 Å². The number of hydrogen-bond acceptors (Lipinski definition) is 8. The van der Waals surface area contributed by atoms with Crippen LogP contribution in [-0.4, -0.2) is 59.4 Å². The number of ether oxygens (including phenoxy) is 4. The van der Waals surface area contributed by atoms with Crippen molar-refractivity contribution < 1.29 is 38.1 Å². The molecule has 0 spiro atoms. The molecule has 2 aromatic heterocycles. The Morgan fingerprint density at radius 1 is 0.478 bits per heavy atom. The van der Waals surface area contributed by atoms with Crippen LogP contribution in [0.25, 0.3) is 21.8 Å². The summed E-state index contributed by atoms with van der Waals surface area (Å²) in [6.45, 7) is 0.620. The molecular weight excluding hydrogens is 588 g/mol. The molecule has 1 aliphatic heterocycles. The number of benzene rings is 2. The Hall–Kier alpha value is -4.60. The van der Waals surface area contributed by atoms with Gasteiger partial charge in [0.15, 0.2) is 11.8 Å². The molecule has 0 saturated carbocycles. The van der Waals surface area contributed by atoms with E-state index in [9.17, 15) is 19.2 Å². The predicted molar refractivity (Wildman–Crippen MR) is 172 cm³/mol. The first-order valence-electron chi connectivity index (χ1n) is 16.1. The number of aryl methyl sites for hydroxylation is 2. The van der Waals surface area contributed by atoms with Crippen LogP contribution in [0.2, 0.25) is 0 Å². The Labute approximate surface area is 268 Å². The summed E-state index contributed by atoms with van der Waals surface area (Å²) in [5.74, 6) is -4.87. The Kier molecular flexibility index (Phi) is 11.1. The zero-order valence-electron chi connectivity index (χ0n) is 26.6. The molecule has 4 aromatic rings. The first-order valence-corrected chi connectivity index (χ1v) is 16.1. The fraction of sp³-hybridized carbons (Fsp3) is 0.444. The van der Waals surface area contributed by atoms with E-state index in [0.717, 1.165) is 47.5 Å². The highest BCUT2D eigenvalue weighted by Gasteiger charge is 2.35. The second-order valence-electron chi connectivity index (χ2n) is 11.8. The molecule has 0 radical (unpaired) electrons. The van der Waals surface area contributed by atoms with Crippen molar-refractivity contribution in [2.45, 2.75) is 63.2 Å². The summed E-state index contributed by atoms with van der Waals surface area (Å²) in [5, 5.41) is 1.61. The Bertz CT molecular complexity index is 1520. The molecule has 5 rings (SSSR count). The van der Waals surface area contributed by atoms with Gasteiger partial charge in [-0.2, -0.15) is 0 Å². The molecule has 0 atom stereocenters. The first kappa shape index (κ1) is 32.8. The van der Waals surface area contributed by atoms with E-state index >= 15 is 0 Å². The minimum Gasteiger partial charge on any atom is -0.465 e. The standard InChI is InChI=1S/C36H42N2O8/c1-37-23-27(25-15-7-9-17-29(25)37)31-33(39)43-19-11-3-5-13-21-45-35(41)32(28-24-38(2)30-18-10-8-16-26(28)30)36(42)46-22-14-6-4-12-20-44-34(31)40/h7-10,15-18,23-24,31-32H,3-6,11-14,19-22H2,1-2H3. The molecular formula is C36H42N2O8. The highest BCUT2D eigenvalue weighted by molar-refractivity contribution is 6.05. The number of aromatic nitrogens is 2. The molecule has 1 saturated heterocycles. The molecule has 0 unspecified atom stereocenters. The molecule has 244 valence electrons. The summed E-state index contributed by atoms with van der Waals surface area (Å²) in [4.78, 5) is 53.1. The molecule has 1 fully saturated rings. The molecule has 10 nitrogen and oxygen atoms in total. The van der Waals surface area contributed by atoms with Gasteiger partial charge in [0.25, 0.3) is 0 Å². The maximum Gasteiger partial charge on any atom is 0.324 e. The van der Waals surface area contributed by atoms with Crippen molar-refractivity contribution in [3.05, 3.63) is 72.1 Å². The van der Waals surface area contributed by atoms with E-state index in [1.807, 2.05) is 71.8 Å². The zero-order valence-corrected chi connectivity index (χ0v) is 26.6. The lowest BCUT2D eigenvalue weighted by Crippen LogP contribution is -2.27. The van der Waals surface area contributed by atoms with Crippen molar-refractivity contribution >= 4 is 45.7 Å². The maximum atomic E-state index is 13.3. The van der Waals surface area contributed by atoms with Gasteiger partial charge >= 0.3 is 23.9 Å². The Balaban J connectivity index is 1.25. The zero-order chi connectivity index (χ0) is 32.5. The largest absolute Gasteiger partial charge is 0.465 e. The molecule has 2 aromatic carbocycles. The SMILES string of the molecule is Cn1cc(C2C(=O)OCCCCCCOC(=O)C(c3cn(C)c4ccccc34)C(=O)OCCCCCCOC2=O)c2ccccc21. The van der Waals surface area contributed by atoms with Gasteiger partial charge in [0, 0.05) is 59.4 Å². The summed E-state index contributed by atoms with van der Waals surface area (Å²) in [6, 6.07) is 15.2. The third-order valence-corrected chi connectivity index (χ3v) is 8.48. The van der Waals surface area contributed by atoms with Crippen molar-refractivity contribution in [2.24, 2.45) is 14.1 Å². The fourth-order valence-corrected chi connectivity index (χ4v) is 6.05. The van der Waals surface area contributed by atoms with E-state index in [0.29, 0.717) is 36.8 Å². The highest BCUT2D eigenvalue weighted by Crippen LogP contribution is 2.31. The molecule has 0 bridgehead atoms. The molecule has 46 heavy (non-hydrogen) atoms. The average Bonchev–Trinajstić information content (AvgIpc) is 3.55. The third-order valence-electron chi connectivity index (χ3n) is 8.48. The first-order chi connectivity index (χ1) is 22.4. The molecule has 0 N–H and O–H groups in total. The number of carbonyl (C=O) groups is 4. The molecule has 0 aliphatic carbocycles. The van der Waals surface area contributed by atoms with Gasteiger partial charge in [-0.1, -0.05) is 36.4 Å². The van der Waals surface area contributed by atoms with Gasteiger partial charge in [0.2, 0.25) is 0 Å². The number of nitrogens with zero attached hydrogens (tertiary/aromatic N) is 2. The minimum atomic E-state index is -1.18. The van der Waals surface area contributed by atoms with Gasteiger partial charge < -0.3 is 28.1 Å². The van der Waals surface area contributed by atoms with Crippen molar-refractivity contribution in [2.75, 3.05) is 26.4 Å². The maximum absolute atomic E-state index is 13.3. The van der Waals surface area contributed by atoms with Gasteiger partial charge in [0.1, 0.15) is 0 Å². The smallest absolute Gasteiger partial charge is 0.324 e. The highest BCUT2D eigenvalue weighted by atomic mass is 16.6. The van der Waals surface area contributed by atoms with Crippen LogP contribution in [0.15, 0.2) is 60.9 Å². The normalized spacial score (nSPS) is 20.7. The van der Waals surface area contributed by atoms with Crippen LogP contribution in [0.1, 0.15) is 74.3 Å². The van der Waals surface area contributed by atoms with E-state index in [4.69, 9.17) is 18.9 Å². The predicted octanol–water partition coefficient (Wildman–Crippen LogP) is 5.84. The van der Waals surface area contributed by atoms with Gasteiger partial charge in [-0.25, -0.2) is 0 Å². The van der Waals surface area contributed by atoms with E-state index in [1.54, 1.807) is 12.4 Å². The second-order valence-corrected chi connectivity index (χ2v) is 11.8. The number of rotatable bonds is 2. The number of esters is 4. The van der Waals surface area contributed by atoms with Gasteiger partial charge in [-0.15, -0.1) is 0 Å². The minimum absolute atomic E-state index is 0.155. The van der Waals surface area contributed by atoms with Crippen LogP contribution in [0, 0.1) is 0 Å². The van der Waals surface area contributed by atoms with Crippen LogP contribution >= 0.6 is 0 Å². The fourth-order valence-electron chi connectivity index (χ4n) is 6.05. The number of carbonyl (C=O) groups excluding carboxylic acids is 4. The van der Waals surface area contributed by atoms with Crippen LogP contribution in [0.5, 0.6) is 0 Å². The lowest BCUT2D eigenvalue weighted by atomic mass is 9.98. The van der Waals surface area contributed by atoms with Crippen molar-refractivity contribution in [3.8, 4) is 0 Å². The van der Waals surface area contributed by atoms with E-state index in [-0.39, 0.29) is 26.4 Å². The number of para-hydroxylation sites is 2. The van der Waals surface area contributed by atoms with Crippen molar-refractivity contribution in [3.63, 3.8) is 0 Å². The third kappa shape index (κ3) is 7.61. The van der Waals surface area contributed by atoms with Crippen molar-refractivity contribution in [1.82, 2.24) is 9.13 Å². The van der Waals surface area contributed by atoms with Crippen LogP contribution < -0.4 is 0 Å². The average molecular weight is 631 g/mol. The van der Waals surface area contributed by atoms with Crippen molar-refractivity contribution in [1.29, 1.82) is 0 Å². The summed E-state index contributed by atoms with van der Waals surface area (Å²) in [7, 11) is 3.74. The van der Waals surface area contributed by atoms with E-state index in [1.165, 1.54) is 0 Å². The summed E-state index contributed by atoms with van der Waals surface area (Å²) in [6.07, 6.45) is 8.82. The lowest BCUT2D eigenvalue weighted by Gasteiger charge is -2.16. The second kappa shape index (κ2) is 15.6. The summed E-state index contributed by atoms with van der Waals surface area (Å²) < 4.78 is 26.1.